The zero-order valence-electron chi connectivity index (χ0n) is 10.7. The van der Waals surface area contributed by atoms with Crippen molar-refractivity contribution < 1.29 is 4.79 Å². The summed E-state index contributed by atoms with van der Waals surface area (Å²) in [7, 11) is 1.81. The molecule has 0 aliphatic heterocycles. The molecule has 0 unspecified atom stereocenters. The number of carbonyl (C=O) groups excluding carboxylic acids is 1. The smallest absolute Gasteiger partial charge is 0.238 e. The van der Waals surface area contributed by atoms with Crippen LogP contribution >= 0.6 is 35.0 Å². The van der Waals surface area contributed by atoms with Crippen LogP contribution in [-0.2, 0) is 11.8 Å². The number of nitrogens with one attached hydrogen (secondary N) is 1. The van der Waals surface area contributed by atoms with Gasteiger partial charge in [0.1, 0.15) is 6.33 Å². The van der Waals surface area contributed by atoms with Crippen LogP contribution in [0.15, 0.2) is 23.7 Å². The van der Waals surface area contributed by atoms with E-state index >= 15 is 0 Å². The van der Waals surface area contributed by atoms with E-state index in [9.17, 15) is 4.79 Å². The highest BCUT2D eigenvalue weighted by Crippen LogP contribution is 2.25. The lowest BCUT2D eigenvalue weighted by Crippen LogP contribution is -2.23. The van der Waals surface area contributed by atoms with Crippen LogP contribution in [0.5, 0.6) is 0 Å². The third-order valence-electron chi connectivity index (χ3n) is 2.37. The van der Waals surface area contributed by atoms with Crippen molar-refractivity contribution in [3.05, 3.63) is 28.6 Å². The Labute approximate surface area is 129 Å². The first-order valence-corrected chi connectivity index (χ1v) is 7.23. The number of anilines is 1. The molecular weight excluding hydrogens is 321 g/mol. The predicted molar refractivity (Wildman–Crippen MR) is 79.2 cm³/mol. The molecule has 2 aromatic heterocycles. The molecule has 2 heterocycles. The Balaban J connectivity index is 2.02. The van der Waals surface area contributed by atoms with Crippen molar-refractivity contribution in [2.24, 2.45) is 7.05 Å². The van der Waals surface area contributed by atoms with Crippen molar-refractivity contribution in [3.8, 4) is 0 Å². The van der Waals surface area contributed by atoms with Crippen LogP contribution in [0.25, 0.3) is 0 Å². The molecule has 1 amide bonds. The normalized spacial score (nSPS) is 12.2. The minimum atomic E-state index is -0.369. The van der Waals surface area contributed by atoms with E-state index < -0.39 is 0 Å². The average Bonchev–Trinajstić information content (AvgIpc) is 2.78. The molecule has 2 rings (SSSR count). The quantitative estimate of drug-likeness (QED) is 0.872. The lowest BCUT2D eigenvalue weighted by Gasteiger charge is -2.11. The number of pyridine rings is 1. The maximum atomic E-state index is 12.1. The molecule has 0 aromatic carbocycles. The maximum Gasteiger partial charge on any atom is 0.238 e. The molecular formula is C11H11Cl2N5OS. The number of hydrogen-bond donors (Lipinski definition) is 1. The summed E-state index contributed by atoms with van der Waals surface area (Å²) >= 11 is 13.0. The lowest BCUT2D eigenvalue weighted by atomic mass is 10.4. The van der Waals surface area contributed by atoms with Crippen molar-refractivity contribution in [1.82, 2.24) is 19.7 Å². The van der Waals surface area contributed by atoms with E-state index in [0.29, 0.717) is 15.2 Å². The number of nitrogens with zero attached hydrogens (tertiary/aromatic N) is 4. The Kier molecular flexibility index (Phi) is 4.85. The molecule has 0 aliphatic rings. The van der Waals surface area contributed by atoms with Crippen molar-refractivity contribution in [3.63, 3.8) is 0 Å². The van der Waals surface area contributed by atoms with Gasteiger partial charge in [0.05, 0.1) is 15.3 Å². The second kappa shape index (κ2) is 6.43. The van der Waals surface area contributed by atoms with Crippen molar-refractivity contribution in [2.75, 3.05) is 5.32 Å². The number of amides is 1. The van der Waals surface area contributed by atoms with Gasteiger partial charge in [0.2, 0.25) is 5.91 Å². The van der Waals surface area contributed by atoms with E-state index in [-0.39, 0.29) is 17.0 Å². The van der Waals surface area contributed by atoms with Gasteiger partial charge in [-0.15, -0.1) is 10.2 Å². The zero-order valence-corrected chi connectivity index (χ0v) is 13.0. The molecule has 1 N–H and O–H groups in total. The Morgan fingerprint density at radius 1 is 1.50 bits per heavy atom. The second-order valence-electron chi connectivity index (χ2n) is 3.96. The Morgan fingerprint density at radius 2 is 2.25 bits per heavy atom. The first-order chi connectivity index (χ1) is 9.47. The van der Waals surface area contributed by atoms with E-state index in [0.717, 1.165) is 0 Å². The van der Waals surface area contributed by atoms with Gasteiger partial charge < -0.3 is 9.88 Å². The molecule has 0 saturated carbocycles. The van der Waals surface area contributed by atoms with Gasteiger partial charge >= 0.3 is 0 Å². The summed E-state index contributed by atoms with van der Waals surface area (Å²) in [6, 6.07) is 1.52. The molecule has 0 saturated heterocycles. The number of thioether (sulfide) groups is 1. The molecule has 0 fully saturated rings. The molecule has 0 spiro atoms. The van der Waals surface area contributed by atoms with Gasteiger partial charge in [0, 0.05) is 13.2 Å². The number of hydrogen-bond acceptors (Lipinski definition) is 5. The monoisotopic (exact) mass is 331 g/mol. The predicted octanol–water partition coefficient (Wildman–Crippen LogP) is 2.64. The fourth-order valence-electron chi connectivity index (χ4n) is 1.32. The second-order valence-corrected chi connectivity index (χ2v) is 6.11. The SMILES string of the molecule is C[C@H](Sc1nncn1C)C(=O)Nc1ncc(Cl)cc1Cl. The molecule has 2 aromatic rings. The summed E-state index contributed by atoms with van der Waals surface area (Å²) in [5.41, 5.74) is 0. The summed E-state index contributed by atoms with van der Waals surface area (Å²) in [5, 5.41) is 11.3. The number of aromatic nitrogens is 4. The van der Waals surface area contributed by atoms with Gasteiger partial charge in [-0.3, -0.25) is 4.79 Å². The van der Waals surface area contributed by atoms with Crippen molar-refractivity contribution >= 4 is 46.7 Å². The maximum absolute atomic E-state index is 12.1. The molecule has 0 radical (unpaired) electrons. The van der Waals surface area contributed by atoms with Crippen LogP contribution in [0.2, 0.25) is 10.0 Å². The van der Waals surface area contributed by atoms with Crippen LogP contribution in [0, 0.1) is 0 Å². The van der Waals surface area contributed by atoms with Crippen LogP contribution < -0.4 is 5.32 Å². The van der Waals surface area contributed by atoms with Crippen LogP contribution in [0.4, 0.5) is 5.82 Å². The summed E-state index contributed by atoms with van der Waals surface area (Å²) < 4.78 is 1.74. The number of rotatable bonds is 4. The minimum absolute atomic E-state index is 0.227. The molecule has 0 bridgehead atoms. The largest absolute Gasteiger partial charge is 0.312 e. The first-order valence-electron chi connectivity index (χ1n) is 5.60. The third kappa shape index (κ3) is 3.62. The highest BCUT2D eigenvalue weighted by atomic mass is 35.5. The van der Waals surface area contributed by atoms with Gasteiger partial charge in [0.25, 0.3) is 0 Å². The fourth-order valence-corrected chi connectivity index (χ4v) is 2.53. The first kappa shape index (κ1) is 15.1. The van der Waals surface area contributed by atoms with Gasteiger partial charge in [-0.1, -0.05) is 35.0 Å². The third-order valence-corrected chi connectivity index (χ3v) is 4.01. The fraction of sp³-hybridized carbons (Fsp3) is 0.273. The number of aryl methyl sites for hydroxylation is 1. The zero-order chi connectivity index (χ0) is 14.7. The van der Waals surface area contributed by atoms with E-state index in [1.165, 1.54) is 24.0 Å². The van der Waals surface area contributed by atoms with Gasteiger partial charge in [0.15, 0.2) is 11.0 Å². The van der Waals surface area contributed by atoms with Gasteiger partial charge in [-0.25, -0.2) is 4.98 Å². The van der Waals surface area contributed by atoms with Crippen LogP contribution in [-0.4, -0.2) is 30.9 Å². The molecule has 1 atom stereocenters. The van der Waals surface area contributed by atoms with E-state index in [1.54, 1.807) is 17.8 Å². The summed E-state index contributed by atoms with van der Waals surface area (Å²) in [5.74, 6) is 0.0567. The Bertz CT molecular complexity index is 633. The highest BCUT2D eigenvalue weighted by Gasteiger charge is 2.18. The number of halogens is 2. The lowest BCUT2D eigenvalue weighted by molar-refractivity contribution is -0.115. The molecule has 0 aliphatic carbocycles. The standard InChI is InChI=1S/C11H11Cl2N5OS/c1-6(20-11-17-15-5-18(11)2)10(19)16-9-8(13)3-7(12)4-14-9/h3-6H,1-2H3,(H,14,16,19)/t6-/m0/s1. The van der Waals surface area contributed by atoms with E-state index in [2.05, 4.69) is 20.5 Å². The molecule has 20 heavy (non-hydrogen) atoms. The highest BCUT2D eigenvalue weighted by molar-refractivity contribution is 8.00. The molecule has 6 nitrogen and oxygen atoms in total. The Morgan fingerprint density at radius 3 is 2.85 bits per heavy atom. The minimum Gasteiger partial charge on any atom is -0.312 e. The van der Waals surface area contributed by atoms with E-state index in [4.69, 9.17) is 23.2 Å². The topological polar surface area (TPSA) is 72.7 Å². The van der Waals surface area contributed by atoms with Crippen molar-refractivity contribution in [1.29, 1.82) is 0 Å². The van der Waals surface area contributed by atoms with Gasteiger partial charge in [-0.2, -0.15) is 0 Å². The molecule has 9 heteroatoms. The van der Waals surface area contributed by atoms with Crippen LogP contribution in [0.1, 0.15) is 6.92 Å². The average molecular weight is 332 g/mol. The molecule has 106 valence electrons. The summed E-state index contributed by atoms with van der Waals surface area (Å²) in [4.78, 5) is 16.0. The van der Waals surface area contributed by atoms with Gasteiger partial charge in [-0.05, 0) is 13.0 Å². The Hall–Kier alpha value is -1.31. The van der Waals surface area contributed by atoms with E-state index in [1.807, 2.05) is 7.05 Å². The number of carbonyl (C=O) groups is 1. The summed E-state index contributed by atoms with van der Waals surface area (Å²) in [6.07, 6.45) is 2.99. The summed E-state index contributed by atoms with van der Waals surface area (Å²) in [6.45, 7) is 1.76. The van der Waals surface area contributed by atoms with Crippen LogP contribution in [0.3, 0.4) is 0 Å². The van der Waals surface area contributed by atoms with Crippen molar-refractivity contribution in [2.45, 2.75) is 17.3 Å².